The van der Waals surface area contributed by atoms with E-state index >= 15 is 0 Å². The van der Waals surface area contributed by atoms with Gasteiger partial charge in [0.25, 0.3) is 0 Å². The monoisotopic (exact) mass is 1320 g/mol. The first-order chi connectivity index (χ1) is 44.8. The summed E-state index contributed by atoms with van der Waals surface area (Å²) in [5, 5.41) is 275. The van der Waals surface area contributed by atoms with Crippen LogP contribution >= 0.6 is 0 Å². The Bertz CT molecular complexity index is 4680. The summed E-state index contributed by atoms with van der Waals surface area (Å²) in [6.07, 6.45) is 0. The van der Waals surface area contributed by atoms with Gasteiger partial charge in [0.15, 0.2) is 115 Å². The number of hydrogen-bond donors (Lipinski definition) is 26. The number of benzene rings is 10. The van der Waals surface area contributed by atoms with Crippen LogP contribution in [0.25, 0.3) is 0 Å². The Hall–Kier alpha value is -14.8. The second-order valence-corrected chi connectivity index (χ2v) is 19.4. The summed E-state index contributed by atoms with van der Waals surface area (Å²) in [4.78, 5) is 0. The zero-order valence-corrected chi connectivity index (χ0v) is 46.5. The predicted octanol–water partition coefficient (Wildman–Crippen LogP) is 10.2. The first-order valence-corrected chi connectivity index (χ1v) is 25.7. The maximum absolute atomic E-state index is 11.2. The van der Waals surface area contributed by atoms with Crippen LogP contribution < -0.4 is 42.6 Å². The van der Waals surface area contributed by atoms with Crippen molar-refractivity contribution in [3.63, 3.8) is 0 Å². The molecule has 35 nitrogen and oxygen atoms in total. The van der Waals surface area contributed by atoms with Crippen molar-refractivity contribution < 1.29 is 175 Å². The zero-order valence-electron chi connectivity index (χ0n) is 46.5. The Morgan fingerprint density at radius 2 is 0.347 bits per heavy atom. The van der Waals surface area contributed by atoms with Crippen molar-refractivity contribution in [1.29, 1.82) is 0 Å². The highest BCUT2D eigenvalue weighted by molar-refractivity contribution is 5.73. The lowest BCUT2D eigenvalue weighted by molar-refractivity contribution is 0.312. The molecule has 492 valence electrons. The molecular weight excluding hydrogens is 1280 g/mol. The third-order valence-electron chi connectivity index (χ3n) is 12.9. The highest BCUT2D eigenvalue weighted by Crippen LogP contribution is 2.61. The van der Waals surface area contributed by atoms with Crippen molar-refractivity contribution in [3.8, 4) is 253 Å². The SMILES string of the molecule is Oc1cc(O)c(Oc2cc(O)c(Oc3cc(O)c(O)c(O)c3Oc3cc(O)c(Oc4cc(O)c(O)c(O)c4Oc4ccc(Oc5cc(O)c(O)c(O)c5Oc5cc(O)c(Oc6cc(O)c(O)c(O)c6Oc6cc(O)c(O)c(O)c6)c(O)c5)c(O)c4O)c(O)c3)c(O)c2)c(O)c1. The van der Waals surface area contributed by atoms with Gasteiger partial charge in [-0.05, 0) is 12.1 Å². The van der Waals surface area contributed by atoms with Crippen LogP contribution in [-0.2, 0) is 0 Å². The largest absolute Gasteiger partial charge is 0.508 e. The topological polar surface area (TPSA) is 609 Å². The summed E-state index contributed by atoms with van der Waals surface area (Å²) < 4.78 is 49.7. The maximum atomic E-state index is 11.2. The van der Waals surface area contributed by atoms with E-state index in [1.165, 1.54) is 0 Å². The van der Waals surface area contributed by atoms with E-state index in [2.05, 4.69) is 0 Å². The van der Waals surface area contributed by atoms with Gasteiger partial charge in [-0.2, -0.15) is 0 Å². The molecule has 0 spiro atoms. The third kappa shape index (κ3) is 12.0. The molecule has 10 aromatic carbocycles. The van der Waals surface area contributed by atoms with Crippen molar-refractivity contribution in [1.82, 2.24) is 0 Å². The Kier molecular flexibility index (Phi) is 15.9. The van der Waals surface area contributed by atoms with Crippen LogP contribution in [0.1, 0.15) is 0 Å². The zero-order chi connectivity index (χ0) is 69.1. The predicted molar refractivity (Wildman–Crippen MR) is 308 cm³/mol. The van der Waals surface area contributed by atoms with Gasteiger partial charge in [-0.25, -0.2) is 0 Å². The summed E-state index contributed by atoms with van der Waals surface area (Å²) in [5.74, 6) is -42.8. The molecule has 10 aromatic rings. The molecule has 0 aliphatic rings. The average Bonchev–Trinajstić information content (AvgIpc) is 0.802. The van der Waals surface area contributed by atoms with Crippen LogP contribution in [0.5, 0.6) is 253 Å². The Balaban J connectivity index is 0.890. The highest BCUT2D eigenvalue weighted by Gasteiger charge is 2.31. The summed E-state index contributed by atoms with van der Waals surface area (Å²) >= 11 is 0. The highest BCUT2D eigenvalue weighted by atomic mass is 16.6. The van der Waals surface area contributed by atoms with E-state index in [0.29, 0.717) is 48.5 Å². The Morgan fingerprint density at radius 1 is 0.147 bits per heavy atom. The minimum Gasteiger partial charge on any atom is -0.508 e. The molecule has 0 fully saturated rings. The van der Waals surface area contributed by atoms with Crippen LogP contribution in [0.4, 0.5) is 0 Å². The fourth-order valence-electron chi connectivity index (χ4n) is 8.39. The Morgan fingerprint density at radius 3 is 0.642 bits per heavy atom. The number of phenols is 26. The molecule has 0 radical (unpaired) electrons. The molecular formula is C60H42O35. The van der Waals surface area contributed by atoms with Crippen molar-refractivity contribution in [2.45, 2.75) is 0 Å². The summed E-state index contributed by atoms with van der Waals surface area (Å²) in [5.41, 5.74) is 0. The van der Waals surface area contributed by atoms with E-state index in [1.54, 1.807) is 0 Å². The van der Waals surface area contributed by atoms with E-state index in [4.69, 9.17) is 42.6 Å². The first kappa shape index (κ1) is 63.2. The molecule has 95 heavy (non-hydrogen) atoms. The van der Waals surface area contributed by atoms with Crippen LogP contribution in [-0.4, -0.2) is 133 Å². The Labute approximate surface area is 524 Å². The smallest absolute Gasteiger partial charge is 0.215 e. The molecule has 0 bridgehead atoms. The van der Waals surface area contributed by atoms with Gasteiger partial charge in [-0.1, -0.05) is 0 Å². The van der Waals surface area contributed by atoms with Gasteiger partial charge in [0.05, 0.1) is 0 Å². The third-order valence-corrected chi connectivity index (χ3v) is 12.9. The molecule has 10 rings (SSSR count). The summed E-state index contributed by atoms with van der Waals surface area (Å²) in [6.45, 7) is 0. The van der Waals surface area contributed by atoms with Crippen LogP contribution in [0.15, 0.2) is 97.1 Å². The molecule has 0 unspecified atom stereocenters. The number of hydrogen-bond acceptors (Lipinski definition) is 35. The van der Waals surface area contributed by atoms with Crippen LogP contribution in [0, 0.1) is 0 Å². The van der Waals surface area contributed by atoms with E-state index in [-0.39, 0.29) is 0 Å². The minimum absolute atomic E-state index is 0.442. The van der Waals surface area contributed by atoms with Gasteiger partial charge < -0.3 is 175 Å². The molecule has 26 N–H and O–H groups in total. The van der Waals surface area contributed by atoms with E-state index < -0.39 is 253 Å². The van der Waals surface area contributed by atoms with Crippen molar-refractivity contribution in [2.75, 3.05) is 0 Å². The van der Waals surface area contributed by atoms with Gasteiger partial charge in [0.1, 0.15) is 28.7 Å². The van der Waals surface area contributed by atoms with Crippen molar-refractivity contribution in [2.24, 2.45) is 0 Å². The normalized spacial score (nSPS) is 11.0. The summed E-state index contributed by atoms with van der Waals surface area (Å²) in [7, 11) is 0. The average molecular weight is 1320 g/mol. The second kappa shape index (κ2) is 24.0. The van der Waals surface area contributed by atoms with Gasteiger partial charge in [-0.3, -0.25) is 0 Å². The van der Waals surface area contributed by atoms with Crippen molar-refractivity contribution >= 4 is 0 Å². The van der Waals surface area contributed by atoms with Crippen LogP contribution in [0.2, 0.25) is 0 Å². The van der Waals surface area contributed by atoms with E-state index in [0.717, 1.165) is 48.5 Å². The number of phenolic OH excluding ortho intramolecular Hbond substituents is 26. The maximum Gasteiger partial charge on any atom is 0.215 e. The summed E-state index contributed by atoms with van der Waals surface area (Å²) in [6, 6.07) is 11.3. The molecule has 0 aliphatic heterocycles. The van der Waals surface area contributed by atoms with Gasteiger partial charge in [0, 0.05) is 84.9 Å². The van der Waals surface area contributed by atoms with E-state index in [1.807, 2.05) is 0 Å². The minimum atomic E-state index is -1.37. The lowest BCUT2D eigenvalue weighted by Gasteiger charge is -2.19. The fourth-order valence-corrected chi connectivity index (χ4v) is 8.39. The van der Waals surface area contributed by atoms with Crippen molar-refractivity contribution in [3.05, 3.63) is 97.1 Å². The van der Waals surface area contributed by atoms with Gasteiger partial charge in [0.2, 0.25) is 109 Å². The van der Waals surface area contributed by atoms with E-state index in [9.17, 15) is 133 Å². The number of ether oxygens (including phenoxy) is 9. The molecule has 0 atom stereocenters. The molecule has 0 saturated carbocycles. The number of aromatic hydroxyl groups is 26. The first-order valence-electron chi connectivity index (χ1n) is 25.7. The lowest BCUT2D eigenvalue weighted by Crippen LogP contribution is -1.96. The molecule has 0 saturated heterocycles. The van der Waals surface area contributed by atoms with Crippen LogP contribution in [0.3, 0.4) is 0 Å². The van der Waals surface area contributed by atoms with Gasteiger partial charge >= 0.3 is 0 Å². The fraction of sp³-hybridized carbons (Fsp3) is 0. The number of rotatable bonds is 18. The second-order valence-electron chi connectivity index (χ2n) is 19.4. The van der Waals surface area contributed by atoms with Gasteiger partial charge in [-0.15, -0.1) is 0 Å². The quantitative estimate of drug-likeness (QED) is 0.0355. The molecule has 0 heterocycles. The molecule has 0 aromatic heterocycles. The standard InChI is InChI=1S/C60H42O35/c61-17-3-28(68)53(29(69)4-17)87-19-7-30(70)54(31(71)8-19)94-40-15-26(66)45(79)51(85)59(40)90-21-11-34(74)56(35(75)12-21)95-41-16-27(67)46(80)52(86)60(41)92-37-2-1-36(47(81)48(37)82)91-38-13-24(64)43(77)49(83)57(38)89-20-9-32(72)55(33(73)10-20)93-39-14-25(65)44(78)50(84)58(39)88-18-5-22(62)42(76)23(63)6-18/h1-16,61-86H. The molecule has 35 heteroatoms. The lowest BCUT2D eigenvalue weighted by atomic mass is 10.2. The molecule has 0 aliphatic carbocycles. The molecule has 0 amide bonds.